The first-order chi connectivity index (χ1) is 41.1. The fourth-order valence-electron chi connectivity index (χ4n) is 11.4. The third-order valence-electron chi connectivity index (χ3n) is 17.0. The molecule has 0 saturated carbocycles. The van der Waals surface area contributed by atoms with E-state index in [1.165, 1.54) is 336 Å². The number of benzene rings is 2. The van der Waals surface area contributed by atoms with Crippen LogP contribution in [0.15, 0.2) is 60.2 Å². The van der Waals surface area contributed by atoms with Crippen LogP contribution >= 0.6 is 0 Å². The van der Waals surface area contributed by atoms with Crippen LogP contribution in [-0.2, 0) is 29.3 Å². The van der Waals surface area contributed by atoms with Gasteiger partial charge in [-0.2, -0.15) is 12.8 Å². The summed E-state index contributed by atoms with van der Waals surface area (Å²) < 4.78 is 0. The molecule has 2 aromatic carbocycles. The summed E-state index contributed by atoms with van der Waals surface area (Å²) in [5, 5.41) is 0. The average Bonchev–Trinajstić information content (AvgIpc) is 3.11. The average molecular weight is 1200 g/mol. The number of rotatable bonds is 56. The molecule has 0 aliphatic carbocycles. The van der Waals surface area contributed by atoms with Crippen LogP contribution in [0.2, 0.25) is 0 Å². The van der Waals surface area contributed by atoms with E-state index in [1.54, 1.807) is 0 Å². The number of nitrogens with zero attached hydrogens (tertiary/aromatic N) is 2. The molecule has 0 atom stereocenters. The fourth-order valence-corrected chi connectivity index (χ4v) is 11.4. The summed E-state index contributed by atoms with van der Waals surface area (Å²) in [6, 6.07) is 17.6. The molecular formula is C81H140N2Ni. The van der Waals surface area contributed by atoms with Crippen LogP contribution in [0.1, 0.15) is 404 Å². The second-order valence-corrected chi connectivity index (χ2v) is 25.0. The molecule has 0 saturated heterocycles. The topological polar surface area (TPSA) is 36.4 Å². The summed E-state index contributed by atoms with van der Waals surface area (Å²) in [6.07, 6.45) is 78.7. The normalized spacial score (nSPS) is 10.9. The number of allylic oxidation sites excluding steroid dienone is 2. The molecule has 0 spiro atoms. The van der Waals surface area contributed by atoms with Crippen molar-refractivity contribution in [3.8, 4) is 11.8 Å². The SMILES string of the molecule is CCCCCCCCCCCCC#CCCCc1ccccc1C(=CC(=C=[N+]=[N-])CC)c1cccc(CCCC)c1.[CH2-]CCCCCCCCCCCCCCCCCCCC.[CH2-]CCCCCCCCCCCCCCCCCCCC.[Ni+2]. The van der Waals surface area contributed by atoms with E-state index < -0.39 is 0 Å². The van der Waals surface area contributed by atoms with E-state index in [2.05, 4.69) is 126 Å². The van der Waals surface area contributed by atoms with E-state index in [4.69, 9.17) is 0 Å². The van der Waals surface area contributed by atoms with Crippen molar-refractivity contribution in [2.24, 2.45) is 0 Å². The first-order valence-electron chi connectivity index (χ1n) is 37.0. The minimum absolute atomic E-state index is 0. The van der Waals surface area contributed by atoms with Gasteiger partial charge in [-0.15, -0.1) is 16.6 Å². The van der Waals surface area contributed by atoms with Crippen molar-refractivity contribution in [2.45, 2.75) is 394 Å². The Morgan fingerprint density at radius 3 is 1.10 bits per heavy atom. The Kier molecular flexibility index (Phi) is 70.7. The van der Waals surface area contributed by atoms with Gasteiger partial charge >= 0.3 is 22.4 Å². The second kappa shape index (κ2) is 71.1. The first kappa shape index (κ1) is 83.5. The maximum Gasteiger partial charge on any atom is 2.00 e. The van der Waals surface area contributed by atoms with Gasteiger partial charge in [-0.3, -0.25) is 0 Å². The first-order valence-corrected chi connectivity index (χ1v) is 37.0. The van der Waals surface area contributed by atoms with Crippen molar-refractivity contribution in [3.63, 3.8) is 0 Å². The predicted octanol–water partition coefficient (Wildman–Crippen LogP) is 27.8. The molecule has 2 rings (SSSR count). The quantitative estimate of drug-likeness (QED) is 0.00925. The second-order valence-electron chi connectivity index (χ2n) is 25.0. The van der Waals surface area contributed by atoms with Gasteiger partial charge in [-0.1, -0.05) is 379 Å². The molecule has 0 heterocycles. The Balaban J connectivity index is 0. The van der Waals surface area contributed by atoms with Gasteiger partial charge in [-0.25, -0.2) is 0 Å². The van der Waals surface area contributed by atoms with Gasteiger partial charge in [0.25, 0.3) is 0 Å². The van der Waals surface area contributed by atoms with Gasteiger partial charge in [0.1, 0.15) is 0 Å². The summed E-state index contributed by atoms with van der Waals surface area (Å²) in [6.45, 7) is 19.0. The summed E-state index contributed by atoms with van der Waals surface area (Å²) >= 11 is 0. The smallest absolute Gasteiger partial charge is 0.348 e. The molecule has 0 amide bonds. The molecule has 0 N–H and O–H groups in total. The van der Waals surface area contributed by atoms with Crippen LogP contribution in [0.25, 0.3) is 11.1 Å². The van der Waals surface area contributed by atoms with Gasteiger partial charge in [-0.05, 0) is 72.4 Å². The molecule has 3 heteroatoms. The number of hydrogen-bond acceptors (Lipinski definition) is 0. The van der Waals surface area contributed by atoms with Crippen LogP contribution in [0.3, 0.4) is 0 Å². The third kappa shape index (κ3) is 57.2. The predicted molar refractivity (Wildman–Crippen MR) is 376 cm³/mol. The fraction of sp³-hybridized carbons (Fsp3) is 0.753. The van der Waals surface area contributed by atoms with E-state index in [0.717, 1.165) is 56.9 Å². The maximum atomic E-state index is 9.17. The Bertz CT molecular complexity index is 1740. The van der Waals surface area contributed by atoms with E-state index in [1.807, 2.05) is 0 Å². The van der Waals surface area contributed by atoms with Crippen molar-refractivity contribution in [1.29, 1.82) is 0 Å². The molecule has 0 aromatic heterocycles. The molecule has 2 aromatic rings. The molecule has 84 heavy (non-hydrogen) atoms. The van der Waals surface area contributed by atoms with Crippen LogP contribution in [0.4, 0.5) is 0 Å². The number of hydrogen-bond donors (Lipinski definition) is 0. The Morgan fingerprint density at radius 1 is 0.393 bits per heavy atom. The zero-order valence-electron chi connectivity index (χ0n) is 56.9. The summed E-state index contributed by atoms with van der Waals surface area (Å²) in [7, 11) is 0. The molecule has 0 bridgehead atoms. The van der Waals surface area contributed by atoms with Crippen LogP contribution in [0.5, 0.6) is 0 Å². The minimum atomic E-state index is 0. The van der Waals surface area contributed by atoms with Gasteiger partial charge in [0.2, 0.25) is 0 Å². The van der Waals surface area contributed by atoms with Crippen LogP contribution < -0.4 is 0 Å². The summed E-state index contributed by atoms with van der Waals surface area (Å²) in [4.78, 5) is 3.20. The van der Waals surface area contributed by atoms with Crippen LogP contribution in [-0.4, -0.2) is 10.7 Å². The third-order valence-corrected chi connectivity index (χ3v) is 17.0. The van der Waals surface area contributed by atoms with E-state index in [-0.39, 0.29) is 16.5 Å². The van der Waals surface area contributed by atoms with Gasteiger partial charge in [0.15, 0.2) is 0 Å². The van der Waals surface area contributed by atoms with Gasteiger partial charge in [0.05, 0.1) is 5.57 Å². The largest absolute Gasteiger partial charge is 2.00 e. The van der Waals surface area contributed by atoms with Crippen LogP contribution in [0, 0.1) is 25.7 Å². The Morgan fingerprint density at radius 2 is 0.738 bits per heavy atom. The molecule has 0 aliphatic rings. The van der Waals surface area contributed by atoms with Crippen molar-refractivity contribution in [3.05, 3.63) is 102 Å². The minimum Gasteiger partial charge on any atom is -0.348 e. The van der Waals surface area contributed by atoms with E-state index in [9.17, 15) is 5.53 Å². The molecule has 0 radical (unpaired) electrons. The van der Waals surface area contributed by atoms with E-state index >= 15 is 0 Å². The van der Waals surface area contributed by atoms with Gasteiger partial charge < -0.3 is 19.4 Å². The zero-order chi connectivity index (χ0) is 60.3. The monoisotopic (exact) mass is 1200 g/mol. The Hall–Kier alpha value is -2.61. The van der Waals surface area contributed by atoms with Crippen molar-refractivity contribution < 1.29 is 21.3 Å². The zero-order valence-corrected chi connectivity index (χ0v) is 57.9. The van der Waals surface area contributed by atoms with Crippen molar-refractivity contribution >= 4 is 11.4 Å². The maximum absolute atomic E-state index is 9.17. The standard InChI is InChI=1S/C39H54N2.2C21H43.Ni/c1-4-7-9-10-11-12-13-14-15-16-17-18-19-20-21-27-36-28-22-23-30-38(36)39(32-34(6-3)33-41-40)37-29-24-26-35(31-37)25-8-5-2;2*1-3-5-7-9-11-13-15-17-19-21-20-18-16-14-12-10-8-6-4-2;/h22-24,26,28-32H,4-17,20-21,25,27H2,1-3H3;2*1,3-21H2,2H3;/q;2*-1;+2. The number of unbranched alkanes of at least 4 members (excludes halogenated alkanes) is 48. The Labute approximate surface area is 537 Å². The van der Waals surface area contributed by atoms with Gasteiger partial charge in [0, 0.05) is 12.8 Å². The summed E-state index contributed by atoms with van der Waals surface area (Å²) in [5.41, 5.74) is 16.4. The molecule has 0 fully saturated rings. The molecule has 2 nitrogen and oxygen atoms in total. The van der Waals surface area contributed by atoms with E-state index in [0.29, 0.717) is 0 Å². The summed E-state index contributed by atoms with van der Waals surface area (Å²) in [5.74, 6) is 9.63. The molecular weight excluding hydrogens is 1060 g/mol. The van der Waals surface area contributed by atoms with Crippen molar-refractivity contribution in [2.75, 3.05) is 0 Å². The molecule has 484 valence electrons. The van der Waals surface area contributed by atoms with Crippen molar-refractivity contribution in [1.82, 2.24) is 0 Å². The molecule has 0 aliphatic heterocycles. The molecule has 0 unspecified atom stereocenters. The number of aryl methyl sites for hydroxylation is 2.